The highest BCUT2D eigenvalue weighted by Crippen LogP contribution is 2.17. The molecular formula is C9H9F2N5O. The molecule has 90 valence electrons. The van der Waals surface area contributed by atoms with Crippen LogP contribution in [0.3, 0.4) is 0 Å². The van der Waals surface area contributed by atoms with Gasteiger partial charge in [-0.15, -0.1) is 0 Å². The van der Waals surface area contributed by atoms with Crippen LogP contribution in [-0.2, 0) is 7.05 Å². The molecule has 0 aliphatic rings. The number of imidazole rings is 1. The van der Waals surface area contributed by atoms with Gasteiger partial charge >= 0.3 is 12.2 Å². The van der Waals surface area contributed by atoms with E-state index in [-0.39, 0.29) is 11.2 Å². The molecule has 0 atom stereocenters. The Bertz CT molecular complexity index is 643. The van der Waals surface area contributed by atoms with Gasteiger partial charge in [-0.05, 0) is 6.07 Å². The van der Waals surface area contributed by atoms with E-state index in [1.165, 1.54) is 25.5 Å². The minimum atomic E-state index is -2.92. The second-order valence-corrected chi connectivity index (χ2v) is 3.38. The summed E-state index contributed by atoms with van der Waals surface area (Å²) < 4.78 is 26.9. The maximum Gasteiger partial charge on any atom is 0.334 e. The minimum absolute atomic E-state index is 0.0462. The smallest absolute Gasteiger partial charge is 0.323 e. The highest BCUT2D eigenvalue weighted by atomic mass is 19.3. The van der Waals surface area contributed by atoms with E-state index >= 15 is 0 Å². The van der Waals surface area contributed by atoms with Crippen LogP contribution in [0.15, 0.2) is 22.2 Å². The Kier molecular flexibility index (Phi) is 2.62. The lowest BCUT2D eigenvalue weighted by molar-refractivity contribution is 0.0705. The van der Waals surface area contributed by atoms with Gasteiger partial charge in [0.05, 0.1) is 11.7 Å². The molecule has 0 fully saturated rings. The Morgan fingerprint density at radius 2 is 2.29 bits per heavy atom. The first kappa shape index (κ1) is 11.2. The summed E-state index contributed by atoms with van der Waals surface area (Å²) in [4.78, 5) is 15.5. The summed E-state index contributed by atoms with van der Waals surface area (Å²) in [7, 11) is 1.38. The van der Waals surface area contributed by atoms with Gasteiger partial charge in [-0.1, -0.05) is 0 Å². The maximum absolute atomic E-state index is 12.8. The fourth-order valence-electron chi connectivity index (χ4n) is 1.60. The minimum Gasteiger partial charge on any atom is -0.323 e. The molecule has 2 rings (SSSR count). The van der Waals surface area contributed by atoms with Crippen molar-refractivity contribution in [1.82, 2.24) is 14.1 Å². The molecular weight excluding hydrogens is 232 g/mol. The summed E-state index contributed by atoms with van der Waals surface area (Å²) in [5.41, 5.74) is -0.140. The highest BCUT2D eigenvalue weighted by molar-refractivity contribution is 5.85. The molecule has 2 aromatic rings. The first-order valence-electron chi connectivity index (χ1n) is 4.64. The Balaban J connectivity index is 2.83. The number of fused-ring (bicyclic) bond motifs is 1. The molecule has 0 aromatic carbocycles. The lowest BCUT2D eigenvalue weighted by atomic mass is 10.3. The number of nitrogens with two attached hydrogens (primary N) is 1. The molecule has 8 heteroatoms. The molecule has 0 aliphatic heterocycles. The summed E-state index contributed by atoms with van der Waals surface area (Å²) in [5, 5.41) is 3.27. The molecule has 0 aliphatic carbocycles. The van der Waals surface area contributed by atoms with Crippen LogP contribution >= 0.6 is 0 Å². The molecule has 2 aromatic heterocycles. The van der Waals surface area contributed by atoms with Crippen LogP contribution < -0.4 is 11.5 Å². The zero-order chi connectivity index (χ0) is 12.6. The molecule has 0 radical (unpaired) electrons. The van der Waals surface area contributed by atoms with E-state index in [2.05, 4.69) is 10.1 Å². The zero-order valence-electron chi connectivity index (χ0n) is 8.84. The third kappa shape index (κ3) is 1.67. The van der Waals surface area contributed by atoms with Crippen molar-refractivity contribution in [2.45, 2.75) is 6.55 Å². The summed E-state index contributed by atoms with van der Waals surface area (Å²) in [6.45, 7) is -2.92. The summed E-state index contributed by atoms with van der Waals surface area (Å²) in [5.74, 6) is 4.96. The molecule has 0 spiro atoms. The van der Waals surface area contributed by atoms with E-state index in [0.29, 0.717) is 10.1 Å². The van der Waals surface area contributed by atoms with Gasteiger partial charge in [0.15, 0.2) is 5.65 Å². The average Bonchev–Trinajstić information content (AvgIpc) is 2.52. The first-order chi connectivity index (χ1) is 8.06. The van der Waals surface area contributed by atoms with E-state index in [1.807, 2.05) is 0 Å². The van der Waals surface area contributed by atoms with Crippen molar-refractivity contribution < 1.29 is 8.78 Å². The average molecular weight is 241 g/mol. The van der Waals surface area contributed by atoms with Crippen LogP contribution in [0.25, 0.3) is 11.2 Å². The number of nitrogens with zero attached hydrogens (tertiary/aromatic N) is 4. The monoisotopic (exact) mass is 241 g/mol. The number of halogens is 2. The molecule has 2 heterocycles. The van der Waals surface area contributed by atoms with Crippen LogP contribution in [0.1, 0.15) is 12.1 Å². The second-order valence-electron chi connectivity index (χ2n) is 3.38. The molecule has 0 bridgehead atoms. The van der Waals surface area contributed by atoms with Gasteiger partial charge in [0.25, 0.3) is 0 Å². The fourth-order valence-corrected chi connectivity index (χ4v) is 1.60. The molecule has 0 saturated carbocycles. The van der Waals surface area contributed by atoms with E-state index in [1.54, 1.807) is 0 Å². The van der Waals surface area contributed by atoms with E-state index in [0.717, 1.165) is 4.57 Å². The van der Waals surface area contributed by atoms with Crippen LogP contribution in [0.5, 0.6) is 0 Å². The molecule has 2 N–H and O–H groups in total. The SMILES string of the molecule is Cn1c(=O)n(C(F)F)c2cc(C=NN)cnc21. The van der Waals surface area contributed by atoms with Crippen molar-refractivity contribution in [3.8, 4) is 0 Å². The van der Waals surface area contributed by atoms with Crippen LogP contribution in [0.4, 0.5) is 8.78 Å². The Morgan fingerprint density at radius 1 is 1.59 bits per heavy atom. The molecule has 0 unspecified atom stereocenters. The first-order valence-corrected chi connectivity index (χ1v) is 4.64. The summed E-state index contributed by atoms with van der Waals surface area (Å²) in [6.07, 6.45) is 2.66. The number of rotatable bonds is 2. The second kappa shape index (κ2) is 3.96. The third-order valence-corrected chi connectivity index (χ3v) is 2.36. The Labute approximate surface area is 94.0 Å². The van der Waals surface area contributed by atoms with Gasteiger partial charge in [-0.2, -0.15) is 13.9 Å². The summed E-state index contributed by atoms with van der Waals surface area (Å²) >= 11 is 0. The predicted octanol–water partition coefficient (Wildman–Crippen LogP) is 0.423. The van der Waals surface area contributed by atoms with Crippen molar-refractivity contribution in [3.63, 3.8) is 0 Å². The third-order valence-electron chi connectivity index (χ3n) is 2.36. The van der Waals surface area contributed by atoms with Crippen molar-refractivity contribution in [1.29, 1.82) is 0 Å². The number of hydrogen-bond donors (Lipinski definition) is 1. The van der Waals surface area contributed by atoms with Gasteiger partial charge in [0, 0.05) is 18.8 Å². The predicted molar refractivity (Wildman–Crippen MR) is 58.0 cm³/mol. The maximum atomic E-state index is 12.8. The van der Waals surface area contributed by atoms with Gasteiger partial charge in [0.1, 0.15) is 0 Å². The van der Waals surface area contributed by atoms with Crippen LogP contribution in [-0.4, -0.2) is 20.3 Å². The number of aryl methyl sites for hydroxylation is 1. The number of hydrogen-bond acceptors (Lipinski definition) is 4. The Morgan fingerprint density at radius 3 is 2.88 bits per heavy atom. The number of alkyl halides is 2. The lowest BCUT2D eigenvalue weighted by Gasteiger charge is -2.00. The molecule has 17 heavy (non-hydrogen) atoms. The normalized spacial score (nSPS) is 12.0. The highest BCUT2D eigenvalue weighted by Gasteiger charge is 2.18. The Hall–Kier alpha value is -2.25. The van der Waals surface area contributed by atoms with Crippen molar-refractivity contribution in [3.05, 3.63) is 28.3 Å². The van der Waals surface area contributed by atoms with Crippen molar-refractivity contribution >= 4 is 17.4 Å². The summed E-state index contributed by atoms with van der Waals surface area (Å²) in [6, 6.07) is 1.38. The fraction of sp³-hybridized carbons (Fsp3) is 0.222. The lowest BCUT2D eigenvalue weighted by Crippen LogP contribution is -2.22. The molecule has 6 nitrogen and oxygen atoms in total. The topological polar surface area (TPSA) is 78.2 Å². The van der Waals surface area contributed by atoms with Crippen molar-refractivity contribution in [2.24, 2.45) is 18.0 Å². The number of hydrazone groups is 1. The van der Waals surface area contributed by atoms with Gasteiger partial charge < -0.3 is 5.84 Å². The van der Waals surface area contributed by atoms with Gasteiger partial charge in [0.2, 0.25) is 0 Å². The van der Waals surface area contributed by atoms with E-state index in [4.69, 9.17) is 5.84 Å². The standard InChI is InChI=1S/C9H9F2N5O/c1-15-7-6(16(8(10)11)9(15)17)2-5(3-13-7)4-14-12/h2-4,8H,12H2,1H3. The number of aromatic nitrogens is 3. The molecule has 0 saturated heterocycles. The largest absolute Gasteiger partial charge is 0.334 e. The van der Waals surface area contributed by atoms with E-state index < -0.39 is 12.2 Å². The van der Waals surface area contributed by atoms with Crippen molar-refractivity contribution in [2.75, 3.05) is 0 Å². The quantitative estimate of drug-likeness (QED) is 0.470. The molecule has 0 amide bonds. The van der Waals surface area contributed by atoms with Gasteiger partial charge in [-0.25, -0.2) is 14.3 Å². The van der Waals surface area contributed by atoms with Crippen LogP contribution in [0.2, 0.25) is 0 Å². The zero-order valence-corrected chi connectivity index (χ0v) is 8.84. The van der Waals surface area contributed by atoms with E-state index in [9.17, 15) is 13.6 Å². The van der Waals surface area contributed by atoms with Gasteiger partial charge in [-0.3, -0.25) is 4.57 Å². The van der Waals surface area contributed by atoms with Crippen LogP contribution in [0, 0.1) is 0 Å². The number of pyridine rings is 1.